The number of fused-ring (bicyclic) bond motifs is 2. The van der Waals surface area contributed by atoms with Crippen LogP contribution in [0.4, 0.5) is 0 Å². The summed E-state index contributed by atoms with van der Waals surface area (Å²) in [5.74, 6) is 1.97. The average Bonchev–Trinajstić information content (AvgIpc) is 2.60. The second kappa shape index (κ2) is 5.76. The van der Waals surface area contributed by atoms with Crippen LogP contribution in [0.5, 0.6) is 11.5 Å². The van der Waals surface area contributed by atoms with Crippen molar-refractivity contribution in [3.63, 3.8) is 0 Å². The van der Waals surface area contributed by atoms with Crippen LogP contribution >= 0.6 is 0 Å². The van der Waals surface area contributed by atoms with Gasteiger partial charge in [0.1, 0.15) is 0 Å². The molecule has 0 spiro atoms. The first-order valence-corrected chi connectivity index (χ1v) is 11.3. The minimum absolute atomic E-state index is 0.709. The van der Waals surface area contributed by atoms with Gasteiger partial charge in [0.25, 0.3) is 0 Å². The monoisotopic (exact) mass is 405 g/mol. The Morgan fingerprint density at radius 1 is 0.870 bits per heavy atom. The molecule has 0 fully saturated rings. The molecule has 0 saturated heterocycles. The van der Waals surface area contributed by atoms with Crippen molar-refractivity contribution in [1.82, 2.24) is 0 Å². The normalized spacial score (nSPS) is 12.7. The summed E-state index contributed by atoms with van der Waals surface area (Å²) in [5, 5.41) is 9.04. The zero-order valence-corrected chi connectivity index (χ0v) is 15.2. The maximum absolute atomic E-state index is 9.04. The molecule has 1 heterocycles. The number of nitrogens with zero attached hydrogens (tertiary/aromatic N) is 1. The maximum atomic E-state index is 9.04. The van der Waals surface area contributed by atoms with E-state index in [0.717, 1.165) is 11.5 Å². The van der Waals surface area contributed by atoms with E-state index in [4.69, 9.17) is 10.00 Å². The Kier molecular flexibility index (Phi) is 3.60. The number of nitriles is 1. The summed E-state index contributed by atoms with van der Waals surface area (Å²) < 4.78 is 10.2. The Morgan fingerprint density at radius 2 is 1.61 bits per heavy atom. The second-order valence-electron chi connectivity index (χ2n) is 5.54. The van der Waals surface area contributed by atoms with Gasteiger partial charge in [-0.05, 0) is 0 Å². The SMILES string of the molecule is Cc1ccc2[c](c1)[Sb]([c]1ccc(C#N)cc1)[c]1ccccc1O2. The Morgan fingerprint density at radius 3 is 2.39 bits per heavy atom. The number of rotatable bonds is 1. The predicted octanol–water partition coefficient (Wildman–Crippen LogP) is 2.49. The molecule has 3 heteroatoms. The first-order chi connectivity index (χ1) is 11.3. The van der Waals surface area contributed by atoms with Crippen LogP contribution in [0.3, 0.4) is 0 Å². The molecule has 0 unspecified atom stereocenters. The average molecular weight is 406 g/mol. The van der Waals surface area contributed by atoms with Crippen molar-refractivity contribution < 1.29 is 4.74 Å². The molecular formula is C20H14NOSb. The number of para-hydroxylation sites is 1. The van der Waals surface area contributed by atoms with Crippen LogP contribution in [0, 0.1) is 18.3 Å². The van der Waals surface area contributed by atoms with Crippen molar-refractivity contribution in [2.45, 2.75) is 6.92 Å². The van der Waals surface area contributed by atoms with E-state index in [-0.39, 0.29) is 0 Å². The molecule has 2 nitrogen and oxygen atoms in total. The van der Waals surface area contributed by atoms with Crippen molar-refractivity contribution in [2.75, 3.05) is 0 Å². The number of hydrogen-bond acceptors (Lipinski definition) is 2. The first kappa shape index (κ1) is 14.4. The molecular weight excluding hydrogens is 392 g/mol. The van der Waals surface area contributed by atoms with Crippen LogP contribution in [0.15, 0.2) is 66.7 Å². The van der Waals surface area contributed by atoms with Crippen LogP contribution in [0.25, 0.3) is 0 Å². The molecule has 0 amide bonds. The van der Waals surface area contributed by atoms with E-state index in [0.29, 0.717) is 5.56 Å². The van der Waals surface area contributed by atoms with E-state index in [1.807, 2.05) is 18.2 Å². The Labute approximate surface area is 142 Å². The van der Waals surface area contributed by atoms with Crippen LogP contribution in [0.1, 0.15) is 11.1 Å². The molecule has 0 aromatic heterocycles. The summed E-state index contributed by atoms with van der Waals surface area (Å²) in [5.41, 5.74) is 1.97. The fourth-order valence-electron chi connectivity index (χ4n) is 2.83. The van der Waals surface area contributed by atoms with Crippen LogP contribution in [0.2, 0.25) is 0 Å². The second-order valence-corrected chi connectivity index (χ2v) is 11.7. The third-order valence-electron chi connectivity index (χ3n) is 3.94. The Bertz CT molecular complexity index is 925. The zero-order chi connectivity index (χ0) is 15.8. The first-order valence-electron chi connectivity index (χ1n) is 7.44. The van der Waals surface area contributed by atoms with Gasteiger partial charge in [0, 0.05) is 0 Å². The van der Waals surface area contributed by atoms with Gasteiger partial charge in [-0.3, -0.25) is 0 Å². The van der Waals surface area contributed by atoms with E-state index in [1.54, 1.807) is 0 Å². The van der Waals surface area contributed by atoms with E-state index >= 15 is 0 Å². The fourth-order valence-corrected chi connectivity index (χ4v) is 10.00. The molecule has 0 N–H and O–H groups in total. The molecule has 0 bridgehead atoms. The van der Waals surface area contributed by atoms with Gasteiger partial charge in [0.2, 0.25) is 0 Å². The molecule has 0 saturated carbocycles. The molecule has 0 atom stereocenters. The van der Waals surface area contributed by atoms with Crippen LogP contribution in [-0.2, 0) is 0 Å². The summed E-state index contributed by atoms with van der Waals surface area (Å²) in [7, 11) is 0. The standard InChI is InChI=1S/C13H10O.C7H4N.Sb/c1-11-7-9-13(10-8-11)14-12-5-3-2-4-6-12;8-6-7-4-2-1-3-5-7;/h2-5,7-9H,1H3;2-5H;. The third-order valence-corrected chi connectivity index (χ3v) is 11.1. The van der Waals surface area contributed by atoms with Crippen molar-refractivity contribution in [3.8, 4) is 17.6 Å². The van der Waals surface area contributed by atoms with Crippen molar-refractivity contribution >= 4 is 30.7 Å². The molecule has 110 valence electrons. The molecule has 0 aliphatic carbocycles. The summed E-state index contributed by atoms with van der Waals surface area (Å²) in [6, 6.07) is 25.1. The zero-order valence-electron chi connectivity index (χ0n) is 12.7. The van der Waals surface area contributed by atoms with E-state index < -0.39 is 20.2 Å². The molecule has 1 aliphatic rings. The summed E-state index contributed by atoms with van der Waals surface area (Å²) in [6.07, 6.45) is 0. The van der Waals surface area contributed by atoms with Gasteiger partial charge in [-0.1, -0.05) is 0 Å². The van der Waals surface area contributed by atoms with E-state index in [2.05, 4.69) is 61.5 Å². The predicted molar refractivity (Wildman–Crippen MR) is 93.5 cm³/mol. The van der Waals surface area contributed by atoms with Crippen LogP contribution < -0.4 is 15.3 Å². The third kappa shape index (κ3) is 2.52. The van der Waals surface area contributed by atoms with Gasteiger partial charge in [-0.15, -0.1) is 0 Å². The van der Waals surface area contributed by atoms with Crippen molar-refractivity contribution in [1.29, 1.82) is 5.26 Å². The summed E-state index contributed by atoms with van der Waals surface area (Å²) >= 11 is -2.12. The Balaban J connectivity index is 1.94. The Hall–Kier alpha value is -2.23. The number of hydrogen-bond donors (Lipinski definition) is 0. The van der Waals surface area contributed by atoms with Crippen molar-refractivity contribution in [2.24, 2.45) is 0 Å². The molecule has 23 heavy (non-hydrogen) atoms. The van der Waals surface area contributed by atoms with Gasteiger partial charge in [0.15, 0.2) is 0 Å². The minimum atomic E-state index is -2.12. The molecule has 4 rings (SSSR count). The topological polar surface area (TPSA) is 33.0 Å². The van der Waals surface area contributed by atoms with Gasteiger partial charge >= 0.3 is 143 Å². The number of aryl methyl sites for hydroxylation is 1. The van der Waals surface area contributed by atoms with E-state index in [1.165, 1.54) is 16.1 Å². The van der Waals surface area contributed by atoms with Crippen LogP contribution in [-0.4, -0.2) is 20.2 Å². The molecule has 3 aromatic rings. The van der Waals surface area contributed by atoms with Gasteiger partial charge in [-0.25, -0.2) is 0 Å². The summed E-state index contributed by atoms with van der Waals surface area (Å²) in [6.45, 7) is 2.12. The van der Waals surface area contributed by atoms with E-state index in [9.17, 15) is 0 Å². The molecule has 3 aromatic carbocycles. The number of benzene rings is 3. The fraction of sp³-hybridized carbons (Fsp3) is 0.0500. The van der Waals surface area contributed by atoms with Crippen molar-refractivity contribution in [3.05, 3.63) is 77.9 Å². The summed E-state index contributed by atoms with van der Waals surface area (Å²) in [4.78, 5) is 0. The quantitative estimate of drug-likeness (QED) is 0.456. The van der Waals surface area contributed by atoms with Gasteiger partial charge in [-0.2, -0.15) is 0 Å². The van der Waals surface area contributed by atoms with Gasteiger partial charge in [0.05, 0.1) is 0 Å². The molecule has 1 aliphatic heterocycles. The van der Waals surface area contributed by atoms with Gasteiger partial charge < -0.3 is 0 Å². The molecule has 0 radical (unpaired) electrons. The number of ether oxygens (including phenoxy) is 1.